The third-order valence-corrected chi connectivity index (χ3v) is 5.59. The van der Waals surface area contributed by atoms with Gasteiger partial charge in [0.2, 0.25) is 5.91 Å². The number of hydrogen-bond acceptors (Lipinski definition) is 6. The van der Waals surface area contributed by atoms with Gasteiger partial charge in [-0.1, -0.05) is 6.07 Å². The molecule has 1 unspecified atom stereocenters. The highest BCUT2D eigenvalue weighted by molar-refractivity contribution is 8.18. The van der Waals surface area contributed by atoms with Gasteiger partial charge in [0.25, 0.3) is 11.1 Å². The van der Waals surface area contributed by atoms with Crippen LogP contribution in [-0.2, 0) is 9.59 Å². The van der Waals surface area contributed by atoms with E-state index in [4.69, 9.17) is 0 Å². The Kier molecular flexibility index (Phi) is 5.89. The quantitative estimate of drug-likeness (QED) is 0.735. The van der Waals surface area contributed by atoms with E-state index in [-0.39, 0.29) is 36.2 Å². The number of imidazole rings is 1. The maximum atomic E-state index is 12.3. The first-order chi connectivity index (χ1) is 12.5. The molecule has 26 heavy (non-hydrogen) atoms. The SMILES string of the molecule is CC(CC(=O)NCCN1C(=O)S/C(=C\c2cccs2)C1=O)n1ccnc1. The van der Waals surface area contributed by atoms with Gasteiger partial charge in [-0.3, -0.25) is 19.3 Å². The molecule has 3 heterocycles. The summed E-state index contributed by atoms with van der Waals surface area (Å²) in [7, 11) is 0. The summed E-state index contributed by atoms with van der Waals surface area (Å²) in [5.41, 5.74) is 0. The van der Waals surface area contributed by atoms with Crippen LogP contribution >= 0.6 is 23.1 Å². The summed E-state index contributed by atoms with van der Waals surface area (Å²) in [4.78, 5) is 42.9. The van der Waals surface area contributed by atoms with Gasteiger partial charge in [-0.05, 0) is 36.2 Å². The minimum atomic E-state index is -0.311. The average molecular weight is 390 g/mol. The molecule has 1 fully saturated rings. The van der Waals surface area contributed by atoms with Gasteiger partial charge in [0.05, 0.1) is 11.2 Å². The van der Waals surface area contributed by atoms with Gasteiger partial charge in [-0.15, -0.1) is 11.3 Å². The summed E-state index contributed by atoms with van der Waals surface area (Å²) in [5.74, 6) is -0.443. The normalized spacial score (nSPS) is 17.1. The number of thiophene rings is 1. The van der Waals surface area contributed by atoms with Crippen molar-refractivity contribution >= 4 is 46.2 Å². The van der Waals surface area contributed by atoms with Crippen molar-refractivity contribution in [1.82, 2.24) is 19.8 Å². The van der Waals surface area contributed by atoms with Gasteiger partial charge in [-0.25, -0.2) is 4.98 Å². The first kappa shape index (κ1) is 18.4. The van der Waals surface area contributed by atoms with E-state index in [2.05, 4.69) is 10.3 Å². The van der Waals surface area contributed by atoms with Gasteiger partial charge in [-0.2, -0.15) is 0 Å². The van der Waals surface area contributed by atoms with Crippen LogP contribution in [0.5, 0.6) is 0 Å². The third-order valence-electron chi connectivity index (χ3n) is 3.86. The Labute approximate surface area is 159 Å². The van der Waals surface area contributed by atoms with Gasteiger partial charge in [0.1, 0.15) is 0 Å². The minimum Gasteiger partial charge on any atom is -0.354 e. The van der Waals surface area contributed by atoms with E-state index >= 15 is 0 Å². The predicted molar refractivity (Wildman–Crippen MR) is 102 cm³/mol. The fourth-order valence-corrected chi connectivity index (χ4v) is 4.07. The van der Waals surface area contributed by atoms with Crippen LogP contribution in [0, 0.1) is 0 Å². The van der Waals surface area contributed by atoms with Crippen LogP contribution < -0.4 is 5.32 Å². The molecule has 2 aromatic heterocycles. The number of hydrogen-bond donors (Lipinski definition) is 1. The van der Waals surface area contributed by atoms with E-state index in [1.165, 1.54) is 16.2 Å². The molecule has 0 aliphatic carbocycles. The molecule has 2 aromatic rings. The summed E-state index contributed by atoms with van der Waals surface area (Å²) in [6, 6.07) is 3.77. The molecule has 0 saturated carbocycles. The largest absolute Gasteiger partial charge is 0.354 e. The van der Waals surface area contributed by atoms with Crippen LogP contribution in [0.3, 0.4) is 0 Å². The van der Waals surface area contributed by atoms with Crippen LogP contribution in [0.25, 0.3) is 6.08 Å². The second-order valence-corrected chi connectivity index (χ2v) is 7.73. The number of nitrogens with one attached hydrogen (secondary N) is 1. The maximum absolute atomic E-state index is 12.3. The van der Waals surface area contributed by atoms with Crippen LogP contribution in [0.2, 0.25) is 0 Å². The molecule has 7 nitrogen and oxygen atoms in total. The molecule has 0 radical (unpaired) electrons. The molecule has 0 bridgehead atoms. The topological polar surface area (TPSA) is 84.3 Å². The minimum absolute atomic E-state index is 0.0107. The molecule has 1 atom stereocenters. The molecule has 0 aromatic carbocycles. The average Bonchev–Trinajstić information content (AvgIpc) is 3.34. The Morgan fingerprint density at radius 1 is 1.42 bits per heavy atom. The van der Waals surface area contributed by atoms with E-state index < -0.39 is 0 Å². The molecular formula is C17H18N4O3S2. The molecule has 0 spiro atoms. The fraction of sp³-hybridized carbons (Fsp3) is 0.294. The molecule has 136 valence electrons. The van der Waals surface area contributed by atoms with E-state index in [0.717, 1.165) is 16.6 Å². The number of carbonyl (C=O) groups is 3. The zero-order chi connectivity index (χ0) is 18.5. The second-order valence-electron chi connectivity index (χ2n) is 5.76. The van der Waals surface area contributed by atoms with Crippen molar-refractivity contribution < 1.29 is 14.4 Å². The molecule has 3 amide bonds. The standard InChI is InChI=1S/C17H18N4O3S2/c1-12(20-6-4-18-11-20)9-15(22)19-5-7-21-16(23)14(26-17(21)24)10-13-3-2-8-25-13/h2-4,6,8,10-12H,5,7,9H2,1H3,(H,19,22)/b14-10-. The summed E-state index contributed by atoms with van der Waals surface area (Å²) in [5, 5.41) is 4.36. The first-order valence-corrected chi connectivity index (χ1v) is 9.77. The molecule has 1 saturated heterocycles. The number of thioether (sulfide) groups is 1. The van der Waals surface area contributed by atoms with E-state index in [1.807, 2.05) is 29.0 Å². The second kappa shape index (κ2) is 8.33. The van der Waals surface area contributed by atoms with Crippen LogP contribution in [-0.4, -0.2) is 44.6 Å². The highest BCUT2D eigenvalue weighted by Crippen LogP contribution is 2.32. The Morgan fingerprint density at radius 2 is 2.27 bits per heavy atom. The van der Waals surface area contributed by atoms with Crippen molar-refractivity contribution in [1.29, 1.82) is 0 Å². The summed E-state index contributed by atoms with van der Waals surface area (Å²) < 4.78 is 1.85. The molecule has 1 aliphatic rings. The lowest BCUT2D eigenvalue weighted by Crippen LogP contribution is -2.37. The highest BCUT2D eigenvalue weighted by Gasteiger charge is 2.34. The summed E-state index contributed by atoms with van der Waals surface area (Å²) >= 11 is 2.44. The van der Waals surface area contributed by atoms with Crippen molar-refractivity contribution in [2.75, 3.05) is 13.1 Å². The van der Waals surface area contributed by atoms with Crippen molar-refractivity contribution in [3.05, 3.63) is 46.0 Å². The Balaban J connectivity index is 1.48. The van der Waals surface area contributed by atoms with Gasteiger partial charge < -0.3 is 9.88 Å². The zero-order valence-electron chi connectivity index (χ0n) is 14.1. The number of rotatable bonds is 7. The number of nitrogens with zero attached hydrogens (tertiary/aromatic N) is 3. The van der Waals surface area contributed by atoms with Gasteiger partial charge in [0, 0.05) is 42.8 Å². The maximum Gasteiger partial charge on any atom is 0.293 e. The smallest absolute Gasteiger partial charge is 0.293 e. The predicted octanol–water partition coefficient (Wildman–Crippen LogP) is 2.75. The zero-order valence-corrected chi connectivity index (χ0v) is 15.8. The monoisotopic (exact) mass is 390 g/mol. The van der Waals surface area contributed by atoms with E-state index in [1.54, 1.807) is 24.8 Å². The van der Waals surface area contributed by atoms with Crippen molar-refractivity contribution in [2.45, 2.75) is 19.4 Å². The molecule has 1 aliphatic heterocycles. The van der Waals surface area contributed by atoms with Crippen LogP contribution in [0.1, 0.15) is 24.3 Å². The fourth-order valence-electron chi connectivity index (χ4n) is 2.48. The lowest BCUT2D eigenvalue weighted by molar-refractivity contribution is -0.124. The Bertz CT molecular complexity index is 815. The summed E-state index contributed by atoms with van der Waals surface area (Å²) in [6.07, 6.45) is 7.16. The van der Waals surface area contributed by atoms with Crippen molar-refractivity contribution in [2.24, 2.45) is 0 Å². The number of imide groups is 1. The Hall–Kier alpha value is -2.39. The van der Waals surface area contributed by atoms with E-state index in [0.29, 0.717) is 11.3 Å². The van der Waals surface area contributed by atoms with Gasteiger partial charge >= 0.3 is 0 Å². The number of amides is 3. The van der Waals surface area contributed by atoms with Crippen LogP contribution in [0.15, 0.2) is 41.1 Å². The van der Waals surface area contributed by atoms with Crippen molar-refractivity contribution in [3.8, 4) is 0 Å². The Morgan fingerprint density at radius 3 is 2.96 bits per heavy atom. The molecule has 3 rings (SSSR count). The molecular weight excluding hydrogens is 372 g/mol. The summed E-state index contributed by atoms with van der Waals surface area (Å²) in [6.45, 7) is 2.32. The van der Waals surface area contributed by atoms with Crippen molar-refractivity contribution in [3.63, 3.8) is 0 Å². The first-order valence-electron chi connectivity index (χ1n) is 8.07. The third kappa shape index (κ3) is 4.41. The van der Waals surface area contributed by atoms with Gasteiger partial charge in [0.15, 0.2) is 0 Å². The molecule has 1 N–H and O–H groups in total. The van der Waals surface area contributed by atoms with Crippen LogP contribution in [0.4, 0.5) is 4.79 Å². The van der Waals surface area contributed by atoms with E-state index in [9.17, 15) is 14.4 Å². The number of carbonyl (C=O) groups excluding carboxylic acids is 3. The lowest BCUT2D eigenvalue weighted by atomic mass is 10.2. The number of aromatic nitrogens is 2. The molecule has 9 heteroatoms. The highest BCUT2D eigenvalue weighted by atomic mass is 32.2. The lowest BCUT2D eigenvalue weighted by Gasteiger charge is -2.15.